The van der Waals surface area contributed by atoms with Crippen LogP contribution in [0.2, 0.25) is 0 Å². The Balaban J connectivity index is 2.26. The minimum Gasteiger partial charge on any atom is -0.388 e. The summed E-state index contributed by atoms with van der Waals surface area (Å²) in [6.07, 6.45) is 0.221. The van der Waals surface area contributed by atoms with E-state index < -0.39 is 6.10 Å². The van der Waals surface area contributed by atoms with Crippen LogP contribution >= 0.6 is 0 Å². The molecule has 0 unspecified atom stereocenters. The van der Waals surface area contributed by atoms with Crippen LogP contribution in [0.1, 0.15) is 36.1 Å². The SMILES string of the molecule is CC[C@H](O)c1c(-c2cccc(C)c2)cccc1-c1cccc(C)c1. The maximum Gasteiger partial charge on any atom is 0.0799 e. The highest BCUT2D eigenvalue weighted by Gasteiger charge is 2.17. The Morgan fingerprint density at radius 1 is 0.750 bits per heavy atom. The highest BCUT2D eigenvalue weighted by Crippen LogP contribution is 2.38. The Hall–Kier alpha value is -2.38. The fraction of sp³-hybridized carbons (Fsp3) is 0.217. The van der Waals surface area contributed by atoms with Crippen LogP contribution in [0.3, 0.4) is 0 Å². The first-order valence-corrected chi connectivity index (χ1v) is 8.55. The van der Waals surface area contributed by atoms with Gasteiger partial charge in [-0.25, -0.2) is 0 Å². The molecule has 0 aliphatic rings. The van der Waals surface area contributed by atoms with E-state index in [4.69, 9.17) is 0 Å². The quantitative estimate of drug-likeness (QED) is 0.618. The molecule has 0 aromatic heterocycles. The van der Waals surface area contributed by atoms with Crippen LogP contribution in [-0.2, 0) is 0 Å². The molecule has 3 rings (SSSR count). The Kier molecular flexibility index (Phi) is 4.82. The Morgan fingerprint density at radius 2 is 1.21 bits per heavy atom. The molecule has 3 aromatic rings. The molecule has 3 aromatic carbocycles. The lowest BCUT2D eigenvalue weighted by atomic mass is 9.87. The largest absolute Gasteiger partial charge is 0.388 e. The van der Waals surface area contributed by atoms with E-state index in [-0.39, 0.29) is 0 Å². The maximum absolute atomic E-state index is 10.8. The minimum atomic E-state index is -0.475. The Morgan fingerprint density at radius 3 is 1.62 bits per heavy atom. The summed E-state index contributed by atoms with van der Waals surface area (Å²) in [5.74, 6) is 0. The number of hydrogen-bond acceptors (Lipinski definition) is 1. The van der Waals surface area contributed by atoms with Crippen molar-refractivity contribution in [3.05, 3.63) is 83.4 Å². The van der Waals surface area contributed by atoms with Gasteiger partial charge in [-0.2, -0.15) is 0 Å². The molecule has 1 heteroatoms. The fourth-order valence-electron chi connectivity index (χ4n) is 3.26. The molecule has 0 saturated heterocycles. The molecule has 24 heavy (non-hydrogen) atoms. The van der Waals surface area contributed by atoms with Gasteiger partial charge in [-0.1, -0.05) is 84.8 Å². The van der Waals surface area contributed by atoms with Crippen molar-refractivity contribution in [1.29, 1.82) is 0 Å². The average Bonchev–Trinajstić information content (AvgIpc) is 2.60. The van der Waals surface area contributed by atoms with Crippen LogP contribution < -0.4 is 0 Å². The summed E-state index contributed by atoms with van der Waals surface area (Å²) in [5, 5.41) is 10.8. The van der Waals surface area contributed by atoms with E-state index in [0.29, 0.717) is 6.42 Å². The second-order valence-corrected chi connectivity index (χ2v) is 6.43. The molecule has 0 radical (unpaired) electrons. The second kappa shape index (κ2) is 7.02. The van der Waals surface area contributed by atoms with E-state index in [9.17, 15) is 5.11 Å². The van der Waals surface area contributed by atoms with Gasteiger partial charge in [0.25, 0.3) is 0 Å². The van der Waals surface area contributed by atoms with Crippen molar-refractivity contribution < 1.29 is 5.11 Å². The molecule has 0 spiro atoms. The van der Waals surface area contributed by atoms with Crippen LogP contribution in [-0.4, -0.2) is 5.11 Å². The molecule has 0 amide bonds. The van der Waals surface area contributed by atoms with Crippen molar-refractivity contribution in [3.63, 3.8) is 0 Å². The van der Waals surface area contributed by atoms with Gasteiger partial charge in [-0.05, 0) is 48.1 Å². The highest BCUT2D eigenvalue weighted by atomic mass is 16.3. The topological polar surface area (TPSA) is 20.2 Å². The van der Waals surface area contributed by atoms with Gasteiger partial charge in [0.05, 0.1) is 6.10 Å². The Bertz CT molecular complexity index is 784. The van der Waals surface area contributed by atoms with Crippen LogP contribution in [0, 0.1) is 13.8 Å². The minimum absolute atomic E-state index is 0.475. The lowest BCUT2D eigenvalue weighted by molar-refractivity contribution is 0.175. The van der Waals surface area contributed by atoms with Crippen molar-refractivity contribution in [2.75, 3.05) is 0 Å². The molecular formula is C23H24O. The van der Waals surface area contributed by atoms with E-state index in [0.717, 1.165) is 27.8 Å². The van der Waals surface area contributed by atoms with E-state index in [2.05, 4.69) is 80.6 Å². The van der Waals surface area contributed by atoms with Gasteiger partial charge < -0.3 is 5.11 Å². The molecule has 1 nitrogen and oxygen atoms in total. The lowest BCUT2D eigenvalue weighted by Crippen LogP contribution is -2.02. The number of hydrogen-bond donors (Lipinski definition) is 1. The van der Waals surface area contributed by atoms with Gasteiger partial charge in [0.15, 0.2) is 0 Å². The molecule has 0 heterocycles. The summed E-state index contributed by atoms with van der Waals surface area (Å²) < 4.78 is 0. The first kappa shape index (κ1) is 16.5. The van der Waals surface area contributed by atoms with E-state index in [1.807, 2.05) is 6.92 Å². The summed E-state index contributed by atoms with van der Waals surface area (Å²) in [6.45, 7) is 6.23. The van der Waals surface area contributed by atoms with Gasteiger partial charge in [-0.3, -0.25) is 0 Å². The molecule has 0 aliphatic heterocycles. The van der Waals surface area contributed by atoms with Gasteiger partial charge in [0.1, 0.15) is 0 Å². The van der Waals surface area contributed by atoms with Gasteiger partial charge in [0, 0.05) is 0 Å². The van der Waals surface area contributed by atoms with Crippen molar-refractivity contribution in [1.82, 2.24) is 0 Å². The van der Waals surface area contributed by atoms with Crippen molar-refractivity contribution in [3.8, 4) is 22.3 Å². The number of aliphatic hydroxyl groups excluding tert-OH is 1. The average molecular weight is 316 g/mol. The monoisotopic (exact) mass is 316 g/mol. The van der Waals surface area contributed by atoms with Crippen molar-refractivity contribution in [2.24, 2.45) is 0 Å². The molecule has 122 valence electrons. The zero-order valence-electron chi connectivity index (χ0n) is 14.6. The molecule has 0 fully saturated rings. The van der Waals surface area contributed by atoms with Gasteiger partial charge in [-0.15, -0.1) is 0 Å². The van der Waals surface area contributed by atoms with Crippen LogP contribution in [0.5, 0.6) is 0 Å². The zero-order chi connectivity index (χ0) is 17.1. The van der Waals surface area contributed by atoms with Crippen LogP contribution in [0.25, 0.3) is 22.3 Å². The van der Waals surface area contributed by atoms with E-state index in [1.54, 1.807) is 0 Å². The van der Waals surface area contributed by atoms with Crippen LogP contribution in [0.15, 0.2) is 66.7 Å². The second-order valence-electron chi connectivity index (χ2n) is 6.43. The molecule has 0 bridgehead atoms. The number of aryl methyl sites for hydroxylation is 2. The number of rotatable bonds is 4. The normalized spacial score (nSPS) is 12.2. The highest BCUT2D eigenvalue weighted by molar-refractivity contribution is 5.79. The predicted molar refractivity (Wildman–Crippen MR) is 102 cm³/mol. The summed E-state index contributed by atoms with van der Waals surface area (Å²) in [4.78, 5) is 0. The first-order valence-electron chi connectivity index (χ1n) is 8.55. The smallest absolute Gasteiger partial charge is 0.0799 e. The Labute approximate surface area is 144 Å². The van der Waals surface area contributed by atoms with Crippen molar-refractivity contribution >= 4 is 0 Å². The molecule has 1 N–H and O–H groups in total. The molecule has 0 saturated carbocycles. The third-order valence-corrected chi connectivity index (χ3v) is 4.48. The third-order valence-electron chi connectivity index (χ3n) is 4.48. The van der Waals surface area contributed by atoms with Crippen LogP contribution in [0.4, 0.5) is 0 Å². The maximum atomic E-state index is 10.8. The summed E-state index contributed by atoms with van der Waals surface area (Å²) in [5.41, 5.74) is 8.03. The molecule has 0 aliphatic carbocycles. The van der Waals surface area contributed by atoms with E-state index in [1.165, 1.54) is 11.1 Å². The molecular weight excluding hydrogens is 292 g/mol. The first-order chi connectivity index (χ1) is 11.6. The predicted octanol–water partition coefficient (Wildman–Crippen LogP) is 6.08. The number of benzene rings is 3. The summed E-state index contributed by atoms with van der Waals surface area (Å²) in [7, 11) is 0. The summed E-state index contributed by atoms with van der Waals surface area (Å²) in [6, 6.07) is 23.3. The fourth-order valence-corrected chi connectivity index (χ4v) is 3.26. The zero-order valence-corrected chi connectivity index (χ0v) is 14.6. The number of aliphatic hydroxyl groups is 1. The standard InChI is InChI=1S/C23H24O/c1-4-22(24)23-20(18-10-5-8-16(2)14-18)12-7-13-21(23)19-11-6-9-17(3)15-19/h5-15,22,24H,4H2,1-3H3/t22-/m0/s1. The lowest BCUT2D eigenvalue weighted by Gasteiger charge is -2.20. The third kappa shape index (κ3) is 3.27. The summed E-state index contributed by atoms with van der Waals surface area (Å²) >= 11 is 0. The molecule has 1 atom stereocenters. The van der Waals surface area contributed by atoms with Gasteiger partial charge >= 0.3 is 0 Å². The van der Waals surface area contributed by atoms with E-state index >= 15 is 0 Å². The van der Waals surface area contributed by atoms with Crippen molar-refractivity contribution in [2.45, 2.75) is 33.3 Å². The van der Waals surface area contributed by atoms with Gasteiger partial charge in [0.2, 0.25) is 0 Å².